The quantitative estimate of drug-likeness (QED) is 0.152. The van der Waals surface area contributed by atoms with E-state index in [9.17, 15) is 0 Å². The molecule has 0 amide bonds. The molecule has 0 fully saturated rings. The van der Waals surface area contributed by atoms with Crippen molar-refractivity contribution in [3.05, 3.63) is 242 Å². The highest BCUT2D eigenvalue weighted by atomic mass is 16.5. The second-order valence-corrected chi connectivity index (χ2v) is 17.3. The van der Waals surface area contributed by atoms with E-state index in [1.807, 2.05) is 0 Å². The van der Waals surface area contributed by atoms with Gasteiger partial charge in [0.05, 0.1) is 11.4 Å². The van der Waals surface area contributed by atoms with Gasteiger partial charge in [-0.3, -0.25) is 0 Å². The van der Waals surface area contributed by atoms with Gasteiger partial charge in [0.15, 0.2) is 5.75 Å². The average molecular weight is 821 g/mol. The number of para-hydroxylation sites is 3. The van der Waals surface area contributed by atoms with Crippen molar-refractivity contribution >= 4 is 44.9 Å². The van der Waals surface area contributed by atoms with E-state index in [-0.39, 0.29) is 5.41 Å². The van der Waals surface area contributed by atoms with Crippen LogP contribution in [0.25, 0.3) is 55.3 Å². The molecule has 0 aromatic heterocycles. The molecule has 0 radical (unpaired) electrons. The second-order valence-electron chi connectivity index (χ2n) is 17.3. The van der Waals surface area contributed by atoms with E-state index in [4.69, 9.17) is 4.74 Å². The first kappa shape index (κ1) is 37.6. The van der Waals surface area contributed by atoms with Crippen molar-refractivity contribution in [2.45, 2.75) is 19.3 Å². The van der Waals surface area contributed by atoms with Crippen LogP contribution in [0.3, 0.4) is 0 Å². The van der Waals surface area contributed by atoms with Crippen LogP contribution in [0.2, 0.25) is 0 Å². The van der Waals surface area contributed by atoms with Gasteiger partial charge in [0, 0.05) is 44.5 Å². The lowest BCUT2D eigenvalue weighted by atomic mass is 9.82. The third-order valence-corrected chi connectivity index (χ3v) is 13.3. The number of rotatable bonds is 8. The molecule has 1 aliphatic carbocycles. The van der Waals surface area contributed by atoms with Crippen LogP contribution in [0.5, 0.6) is 11.5 Å². The third-order valence-electron chi connectivity index (χ3n) is 13.3. The standard InChI is InChI=1S/C61H44N2O/c1-61(2)54-26-13-12-22-49(54)50-37-36-48(40-55(50)61)63(47-34-32-44(33-35-47)43-30-28-42(29-31-43)41-16-6-3-7-17-41)56-38-39-58-59-51(23-14-25-53(56)59)52-24-15-27-57(60(52)64-58)62(45-18-8-4-9-19-45)46-20-10-5-11-21-46/h3-40H,1-2H3. The molecule has 0 N–H and O–H groups in total. The number of fused-ring (bicyclic) bond motifs is 5. The molecule has 10 aromatic rings. The van der Waals surface area contributed by atoms with Crippen molar-refractivity contribution in [1.82, 2.24) is 0 Å². The van der Waals surface area contributed by atoms with Gasteiger partial charge in [-0.05, 0) is 117 Å². The fraction of sp³-hybridized carbons (Fsp3) is 0.0492. The average Bonchev–Trinajstić information content (AvgIpc) is 3.59. The first-order valence-corrected chi connectivity index (χ1v) is 22.1. The van der Waals surface area contributed by atoms with Crippen LogP contribution in [0.1, 0.15) is 25.0 Å². The minimum atomic E-state index is -0.147. The fourth-order valence-corrected chi connectivity index (χ4v) is 10.1. The van der Waals surface area contributed by atoms with E-state index in [1.54, 1.807) is 0 Å². The molecule has 0 spiro atoms. The molecular formula is C61H44N2O. The predicted octanol–water partition coefficient (Wildman–Crippen LogP) is 17.2. The van der Waals surface area contributed by atoms with Crippen molar-refractivity contribution in [2.75, 3.05) is 9.80 Å². The highest BCUT2D eigenvalue weighted by Gasteiger charge is 2.36. The highest BCUT2D eigenvalue weighted by molar-refractivity contribution is 6.12. The van der Waals surface area contributed by atoms with Crippen LogP contribution in [0, 0.1) is 0 Å². The van der Waals surface area contributed by atoms with E-state index in [2.05, 4.69) is 254 Å². The molecule has 2 aliphatic rings. The lowest BCUT2D eigenvalue weighted by Crippen LogP contribution is -2.17. The number of ether oxygens (including phenoxy) is 1. The Balaban J connectivity index is 1.00. The summed E-state index contributed by atoms with van der Waals surface area (Å²) in [6.07, 6.45) is 0. The zero-order valence-electron chi connectivity index (χ0n) is 35.7. The second kappa shape index (κ2) is 15.0. The van der Waals surface area contributed by atoms with Crippen molar-refractivity contribution in [1.29, 1.82) is 0 Å². The molecule has 0 saturated carbocycles. The van der Waals surface area contributed by atoms with Crippen molar-refractivity contribution in [3.8, 4) is 56.0 Å². The third kappa shape index (κ3) is 6.12. The van der Waals surface area contributed by atoms with Crippen molar-refractivity contribution in [3.63, 3.8) is 0 Å². The molecule has 304 valence electrons. The predicted molar refractivity (Wildman–Crippen MR) is 267 cm³/mol. The van der Waals surface area contributed by atoms with Gasteiger partial charge in [0.25, 0.3) is 0 Å². The highest BCUT2D eigenvalue weighted by Crippen LogP contribution is 2.56. The summed E-state index contributed by atoms with van der Waals surface area (Å²) in [6, 6.07) is 83.1. The molecule has 3 nitrogen and oxygen atoms in total. The Labute approximate surface area is 374 Å². The summed E-state index contributed by atoms with van der Waals surface area (Å²) in [7, 11) is 0. The fourth-order valence-electron chi connectivity index (χ4n) is 10.1. The van der Waals surface area contributed by atoms with Crippen LogP contribution >= 0.6 is 0 Å². The Kier molecular flexibility index (Phi) is 8.84. The molecule has 0 bridgehead atoms. The van der Waals surface area contributed by atoms with Gasteiger partial charge in [-0.1, -0.05) is 178 Å². The summed E-state index contributed by atoms with van der Waals surface area (Å²) in [5.41, 5.74) is 18.6. The molecule has 10 aromatic carbocycles. The summed E-state index contributed by atoms with van der Waals surface area (Å²) in [5, 5.41) is 2.22. The Hall–Kier alpha value is -8.14. The van der Waals surface area contributed by atoms with Gasteiger partial charge in [-0.25, -0.2) is 0 Å². The first-order chi connectivity index (χ1) is 31.5. The molecule has 0 saturated heterocycles. The van der Waals surface area contributed by atoms with Crippen molar-refractivity contribution < 1.29 is 4.74 Å². The Bertz CT molecular complexity index is 3320. The minimum absolute atomic E-state index is 0.147. The molecule has 1 aliphatic heterocycles. The van der Waals surface area contributed by atoms with Crippen LogP contribution in [0.15, 0.2) is 231 Å². The molecule has 0 atom stereocenters. The summed E-state index contributed by atoms with van der Waals surface area (Å²) in [4.78, 5) is 4.72. The van der Waals surface area contributed by atoms with Crippen LogP contribution in [-0.2, 0) is 5.41 Å². The van der Waals surface area contributed by atoms with E-state index in [0.29, 0.717) is 0 Å². The van der Waals surface area contributed by atoms with Crippen LogP contribution < -0.4 is 14.5 Å². The number of benzene rings is 10. The number of nitrogens with zero attached hydrogens (tertiary/aromatic N) is 2. The SMILES string of the molecule is CC1(C)c2ccccc2-c2ccc(N(c3ccc(-c4ccc(-c5ccccc5)cc4)cc3)c3ccc4c5c(cccc35)-c3cccc(N(c5ccccc5)c5ccccc5)c3O4)cc21. The maximum atomic E-state index is 7.12. The van der Waals surface area contributed by atoms with Gasteiger partial charge < -0.3 is 14.5 Å². The lowest BCUT2D eigenvalue weighted by Gasteiger charge is -2.32. The smallest absolute Gasteiger partial charge is 0.159 e. The van der Waals surface area contributed by atoms with Gasteiger partial charge >= 0.3 is 0 Å². The molecule has 1 heterocycles. The molecule has 12 rings (SSSR count). The zero-order chi connectivity index (χ0) is 42.8. The topological polar surface area (TPSA) is 15.7 Å². The number of hydrogen-bond donors (Lipinski definition) is 0. The molecular weight excluding hydrogens is 777 g/mol. The summed E-state index contributed by atoms with van der Waals surface area (Å²) in [6.45, 7) is 4.71. The van der Waals surface area contributed by atoms with Crippen molar-refractivity contribution in [2.24, 2.45) is 0 Å². The Morgan fingerprint density at radius 2 is 0.844 bits per heavy atom. The normalized spacial score (nSPS) is 12.8. The molecule has 3 heteroatoms. The summed E-state index contributed by atoms with van der Waals surface area (Å²) in [5.74, 6) is 1.68. The van der Waals surface area contributed by atoms with Gasteiger partial charge in [-0.2, -0.15) is 0 Å². The summed E-state index contributed by atoms with van der Waals surface area (Å²) < 4.78 is 7.12. The van der Waals surface area contributed by atoms with Gasteiger partial charge in [0.2, 0.25) is 0 Å². The van der Waals surface area contributed by atoms with Crippen LogP contribution in [-0.4, -0.2) is 0 Å². The first-order valence-electron chi connectivity index (χ1n) is 22.1. The Morgan fingerprint density at radius 1 is 0.344 bits per heavy atom. The maximum Gasteiger partial charge on any atom is 0.159 e. The van der Waals surface area contributed by atoms with E-state index < -0.39 is 0 Å². The van der Waals surface area contributed by atoms with E-state index in [1.165, 1.54) is 44.5 Å². The largest absolute Gasteiger partial charge is 0.454 e. The number of hydrogen-bond acceptors (Lipinski definition) is 3. The molecule has 64 heavy (non-hydrogen) atoms. The van der Waals surface area contributed by atoms with E-state index in [0.717, 1.165) is 67.5 Å². The summed E-state index contributed by atoms with van der Waals surface area (Å²) >= 11 is 0. The molecule has 0 unspecified atom stereocenters. The maximum absolute atomic E-state index is 7.12. The minimum Gasteiger partial charge on any atom is -0.454 e. The van der Waals surface area contributed by atoms with Crippen LogP contribution in [0.4, 0.5) is 34.1 Å². The zero-order valence-corrected chi connectivity index (χ0v) is 35.7. The monoisotopic (exact) mass is 820 g/mol. The lowest BCUT2D eigenvalue weighted by molar-refractivity contribution is 0.488. The van der Waals surface area contributed by atoms with Gasteiger partial charge in [0.1, 0.15) is 5.75 Å². The number of anilines is 6. The van der Waals surface area contributed by atoms with Gasteiger partial charge in [-0.15, -0.1) is 0 Å². The van der Waals surface area contributed by atoms with E-state index >= 15 is 0 Å². The Morgan fingerprint density at radius 3 is 1.53 bits per heavy atom.